The van der Waals surface area contributed by atoms with E-state index in [9.17, 15) is 0 Å². The maximum absolute atomic E-state index is 5.77. The zero-order chi connectivity index (χ0) is 8.84. The van der Waals surface area contributed by atoms with Gasteiger partial charge in [-0.15, -0.1) is 0 Å². The van der Waals surface area contributed by atoms with Crippen LogP contribution < -0.4 is 0 Å². The molecule has 3 unspecified atom stereocenters. The van der Waals surface area contributed by atoms with Gasteiger partial charge in [0, 0.05) is 5.92 Å². The molecule has 1 aliphatic carbocycles. The van der Waals surface area contributed by atoms with Gasteiger partial charge in [-0.2, -0.15) is 0 Å². The molecule has 3 atom stereocenters. The highest BCUT2D eigenvalue weighted by Crippen LogP contribution is 2.44. The first-order valence-electron chi connectivity index (χ1n) is 5.05. The maximum atomic E-state index is 5.77. The Bertz CT molecular complexity index is 332. The third-order valence-electron chi connectivity index (χ3n) is 3.42. The van der Waals surface area contributed by atoms with Crippen LogP contribution in [0.25, 0.3) is 0 Å². The molecule has 1 aromatic rings. The van der Waals surface area contributed by atoms with Gasteiger partial charge in [0.2, 0.25) is 0 Å². The Morgan fingerprint density at radius 1 is 1.31 bits per heavy atom. The van der Waals surface area contributed by atoms with Crippen molar-refractivity contribution in [3.63, 3.8) is 0 Å². The molecule has 2 aliphatic rings. The van der Waals surface area contributed by atoms with Crippen LogP contribution in [0, 0.1) is 5.92 Å². The van der Waals surface area contributed by atoms with E-state index in [-0.39, 0.29) is 0 Å². The van der Waals surface area contributed by atoms with Gasteiger partial charge in [0.25, 0.3) is 0 Å². The van der Waals surface area contributed by atoms with Crippen molar-refractivity contribution in [2.24, 2.45) is 5.92 Å². The van der Waals surface area contributed by atoms with Crippen LogP contribution in [0.5, 0.6) is 0 Å². The molecule has 0 N–H and O–H groups in total. The SMILES string of the molecule is CC1COC2Cc3ccccc3C12. The van der Waals surface area contributed by atoms with Gasteiger partial charge in [-0.3, -0.25) is 0 Å². The first-order chi connectivity index (χ1) is 6.36. The van der Waals surface area contributed by atoms with E-state index in [1.165, 1.54) is 11.1 Å². The lowest BCUT2D eigenvalue weighted by Gasteiger charge is -2.12. The molecule has 1 aliphatic heterocycles. The first kappa shape index (κ1) is 7.57. The van der Waals surface area contributed by atoms with Crippen molar-refractivity contribution >= 4 is 0 Å². The van der Waals surface area contributed by atoms with Crippen molar-refractivity contribution in [3.8, 4) is 0 Å². The number of fused-ring (bicyclic) bond motifs is 3. The van der Waals surface area contributed by atoms with E-state index < -0.39 is 0 Å². The van der Waals surface area contributed by atoms with Gasteiger partial charge in [-0.05, 0) is 23.5 Å². The quantitative estimate of drug-likeness (QED) is 0.586. The van der Waals surface area contributed by atoms with Crippen molar-refractivity contribution in [1.82, 2.24) is 0 Å². The molecule has 1 heteroatoms. The fraction of sp³-hybridized carbons (Fsp3) is 0.500. The third-order valence-corrected chi connectivity index (χ3v) is 3.42. The second-order valence-corrected chi connectivity index (χ2v) is 4.28. The summed E-state index contributed by atoms with van der Waals surface area (Å²) in [6, 6.07) is 8.78. The molecule has 0 amide bonds. The van der Waals surface area contributed by atoms with E-state index >= 15 is 0 Å². The second-order valence-electron chi connectivity index (χ2n) is 4.28. The molecule has 1 heterocycles. The molecular formula is C12H14O. The van der Waals surface area contributed by atoms with Gasteiger partial charge in [0.1, 0.15) is 0 Å². The average molecular weight is 174 g/mol. The topological polar surface area (TPSA) is 9.23 Å². The van der Waals surface area contributed by atoms with Crippen LogP contribution in [0.4, 0.5) is 0 Å². The van der Waals surface area contributed by atoms with Crippen LogP contribution in [0.1, 0.15) is 24.0 Å². The summed E-state index contributed by atoms with van der Waals surface area (Å²) < 4.78 is 5.77. The highest BCUT2D eigenvalue weighted by Gasteiger charge is 2.41. The summed E-state index contributed by atoms with van der Waals surface area (Å²) in [6.45, 7) is 3.25. The number of hydrogen-bond acceptors (Lipinski definition) is 1. The standard InChI is InChI=1S/C12H14O/c1-8-7-13-11-6-9-4-2-3-5-10(9)12(8)11/h2-5,8,11-12H,6-7H2,1H3. The fourth-order valence-electron chi connectivity index (χ4n) is 2.80. The van der Waals surface area contributed by atoms with E-state index in [0.29, 0.717) is 17.9 Å². The van der Waals surface area contributed by atoms with E-state index in [2.05, 4.69) is 31.2 Å². The predicted molar refractivity (Wildman–Crippen MR) is 51.8 cm³/mol. The molecule has 68 valence electrons. The summed E-state index contributed by atoms with van der Waals surface area (Å²) in [5.41, 5.74) is 3.04. The molecule has 1 aromatic carbocycles. The Morgan fingerprint density at radius 2 is 2.15 bits per heavy atom. The fourth-order valence-corrected chi connectivity index (χ4v) is 2.80. The molecule has 0 radical (unpaired) electrons. The Morgan fingerprint density at radius 3 is 3.08 bits per heavy atom. The molecule has 1 fully saturated rings. The molecule has 0 aromatic heterocycles. The van der Waals surface area contributed by atoms with Gasteiger partial charge in [-0.1, -0.05) is 31.2 Å². The van der Waals surface area contributed by atoms with Crippen molar-refractivity contribution in [1.29, 1.82) is 0 Å². The normalized spacial score (nSPS) is 35.9. The molecule has 0 spiro atoms. The Balaban J connectivity index is 2.08. The summed E-state index contributed by atoms with van der Waals surface area (Å²) in [5, 5.41) is 0. The average Bonchev–Trinajstić information content (AvgIpc) is 2.66. The number of benzene rings is 1. The zero-order valence-corrected chi connectivity index (χ0v) is 7.86. The largest absolute Gasteiger partial charge is 0.377 e. The minimum absolute atomic E-state index is 0.479. The summed E-state index contributed by atoms with van der Waals surface area (Å²) in [4.78, 5) is 0. The van der Waals surface area contributed by atoms with Crippen molar-refractivity contribution in [2.75, 3.05) is 6.61 Å². The summed E-state index contributed by atoms with van der Waals surface area (Å²) >= 11 is 0. The van der Waals surface area contributed by atoms with Gasteiger partial charge in [0.05, 0.1) is 12.7 Å². The molecule has 1 nitrogen and oxygen atoms in total. The molecular weight excluding hydrogens is 160 g/mol. The lowest BCUT2D eigenvalue weighted by molar-refractivity contribution is 0.108. The lowest BCUT2D eigenvalue weighted by atomic mass is 9.90. The van der Waals surface area contributed by atoms with Crippen LogP contribution in [0.15, 0.2) is 24.3 Å². The van der Waals surface area contributed by atoms with E-state index in [4.69, 9.17) is 4.74 Å². The Labute approximate surface area is 78.7 Å². The van der Waals surface area contributed by atoms with Crippen LogP contribution in [0.2, 0.25) is 0 Å². The summed E-state index contributed by atoms with van der Waals surface area (Å²) in [6.07, 6.45) is 1.61. The summed E-state index contributed by atoms with van der Waals surface area (Å²) in [5.74, 6) is 1.38. The monoisotopic (exact) mass is 174 g/mol. The lowest BCUT2D eigenvalue weighted by Crippen LogP contribution is -2.11. The van der Waals surface area contributed by atoms with Crippen LogP contribution >= 0.6 is 0 Å². The first-order valence-corrected chi connectivity index (χ1v) is 5.05. The van der Waals surface area contributed by atoms with Crippen molar-refractivity contribution in [3.05, 3.63) is 35.4 Å². The highest BCUT2D eigenvalue weighted by molar-refractivity contribution is 5.38. The van der Waals surface area contributed by atoms with E-state index in [1.807, 2.05) is 0 Å². The molecule has 13 heavy (non-hydrogen) atoms. The van der Waals surface area contributed by atoms with E-state index in [0.717, 1.165) is 13.0 Å². The number of ether oxygens (including phenoxy) is 1. The summed E-state index contributed by atoms with van der Waals surface area (Å²) in [7, 11) is 0. The molecule has 0 saturated carbocycles. The minimum Gasteiger partial charge on any atom is -0.377 e. The second kappa shape index (κ2) is 2.58. The van der Waals surface area contributed by atoms with Crippen molar-refractivity contribution in [2.45, 2.75) is 25.4 Å². The number of rotatable bonds is 0. The van der Waals surface area contributed by atoms with Gasteiger partial charge in [-0.25, -0.2) is 0 Å². The van der Waals surface area contributed by atoms with Gasteiger partial charge < -0.3 is 4.74 Å². The van der Waals surface area contributed by atoms with Crippen LogP contribution in [-0.2, 0) is 11.2 Å². The molecule has 1 saturated heterocycles. The van der Waals surface area contributed by atoms with Gasteiger partial charge >= 0.3 is 0 Å². The van der Waals surface area contributed by atoms with E-state index in [1.54, 1.807) is 0 Å². The molecule has 3 rings (SSSR count). The zero-order valence-electron chi connectivity index (χ0n) is 7.86. The maximum Gasteiger partial charge on any atom is 0.0687 e. The Hall–Kier alpha value is -0.820. The Kier molecular flexibility index (Phi) is 1.50. The minimum atomic E-state index is 0.479. The van der Waals surface area contributed by atoms with Gasteiger partial charge in [0.15, 0.2) is 0 Å². The molecule has 0 bridgehead atoms. The smallest absolute Gasteiger partial charge is 0.0687 e. The third kappa shape index (κ3) is 0.969. The van der Waals surface area contributed by atoms with Crippen molar-refractivity contribution < 1.29 is 4.74 Å². The van der Waals surface area contributed by atoms with Crippen LogP contribution in [-0.4, -0.2) is 12.7 Å². The highest BCUT2D eigenvalue weighted by atomic mass is 16.5. The number of hydrogen-bond donors (Lipinski definition) is 0. The van der Waals surface area contributed by atoms with Crippen LogP contribution in [0.3, 0.4) is 0 Å². The predicted octanol–water partition coefficient (Wildman–Crippen LogP) is 2.36.